The Balaban J connectivity index is 1.29. The van der Waals surface area contributed by atoms with E-state index in [-0.39, 0.29) is 23.9 Å². The van der Waals surface area contributed by atoms with Crippen LogP contribution >= 0.6 is 0 Å². The maximum absolute atomic E-state index is 15.1. The number of benzene rings is 1. The highest BCUT2D eigenvalue weighted by molar-refractivity contribution is 6.00. The molecule has 3 aromatic rings. The van der Waals surface area contributed by atoms with E-state index in [1.54, 1.807) is 20.0 Å². The minimum Gasteiger partial charge on any atom is -0.370 e. The number of carbonyl (C=O) groups is 2. The number of fused-ring (bicyclic) bond motifs is 3. The first-order chi connectivity index (χ1) is 16.2. The summed E-state index contributed by atoms with van der Waals surface area (Å²) in [5.41, 5.74) is 4.50. The van der Waals surface area contributed by atoms with Gasteiger partial charge in [-0.3, -0.25) is 14.7 Å². The minimum absolute atomic E-state index is 0.0329. The number of rotatable bonds is 4. The zero-order valence-corrected chi connectivity index (χ0v) is 19.4. The number of imidazole rings is 1. The van der Waals surface area contributed by atoms with Gasteiger partial charge in [0.1, 0.15) is 23.9 Å². The molecule has 6 rings (SSSR count). The van der Waals surface area contributed by atoms with Gasteiger partial charge >= 0.3 is 0 Å². The first-order valence-corrected chi connectivity index (χ1v) is 11.7. The number of likely N-dealkylation sites (N-methyl/N-ethyl adjacent to an activating group) is 1. The fraction of sp³-hybridized carbons (Fsp3) is 0.500. The number of ether oxygens (including phenoxy) is 1. The average molecular weight is 467 g/mol. The Bertz CT molecular complexity index is 1330. The maximum Gasteiger partial charge on any atom is 0.249 e. The molecule has 2 aliphatic carbocycles. The van der Waals surface area contributed by atoms with Crippen LogP contribution in [0.1, 0.15) is 31.5 Å². The molecule has 1 saturated carbocycles. The van der Waals surface area contributed by atoms with Gasteiger partial charge in [-0.1, -0.05) is 6.92 Å². The molecule has 0 radical (unpaired) electrons. The first-order valence-electron chi connectivity index (χ1n) is 11.7. The zero-order chi connectivity index (χ0) is 23.8. The minimum atomic E-state index is -0.682. The summed E-state index contributed by atoms with van der Waals surface area (Å²) in [6, 6.07) is 2.31. The molecule has 10 heteroatoms. The second-order valence-corrected chi connectivity index (χ2v) is 10.1. The Morgan fingerprint density at radius 3 is 3.03 bits per heavy atom. The third kappa shape index (κ3) is 3.23. The standard InChI is InChI=1S/C24H27FN6O3/c1-12(31-4-5-34-11-19(31)32)23(33)30(3)14-7-16(25)21-17(8-14)26-22(27-21)20-15-6-13-9-24(13,2)10-18(15)28-29-20/h7-8,12-13H,4-6,9-11H2,1-3H3,(H,26,27)(H,28,29)/t12-,13-,24-/m1/s1. The summed E-state index contributed by atoms with van der Waals surface area (Å²) >= 11 is 0. The van der Waals surface area contributed by atoms with Crippen LogP contribution in [0.5, 0.6) is 0 Å². The Morgan fingerprint density at radius 1 is 1.41 bits per heavy atom. The van der Waals surface area contributed by atoms with E-state index in [4.69, 9.17) is 4.74 Å². The largest absolute Gasteiger partial charge is 0.370 e. The van der Waals surface area contributed by atoms with Crippen molar-refractivity contribution in [3.63, 3.8) is 0 Å². The molecule has 9 nitrogen and oxygen atoms in total. The van der Waals surface area contributed by atoms with E-state index in [0.29, 0.717) is 41.5 Å². The van der Waals surface area contributed by atoms with Crippen LogP contribution in [0, 0.1) is 17.2 Å². The highest BCUT2D eigenvalue weighted by atomic mass is 19.1. The summed E-state index contributed by atoms with van der Waals surface area (Å²) in [5.74, 6) is 0.157. The van der Waals surface area contributed by atoms with Crippen molar-refractivity contribution in [2.24, 2.45) is 11.3 Å². The number of anilines is 1. The van der Waals surface area contributed by atoms with E-state index in [1.807, 2.05) is 0 Å². The van der Waals surface area contributed by atoms with Gasteiger partial charge in [0, 0.05) is 30.5 Å². The number of nitrogens with zero attached hydrogens (tertiary/aromatic N) is 4. The number of aromatic amines is 2. The number of H-pyrrole nitrogens is 2. The molecule has 3 aliphatic rings. The van der Waals surface area contributed by atoms with Crippen LogP contribution in [0.25, 0.3) is 22.6 Å². The molecule has 1 aliphatic heterocycles. The van der Waals surface area contributed by atoms with Crippen molar-refractivity contribution < 1.29 is 18.7 Å². The smallest absolute Gasteiger partial charge is 0.249 e. The number of hydrogen-bond donors (Lipinski definition) is 2. The number of amides is 2. The number of morpholine rings is 1. The highest BCUT2D eigenvalue weighted by Crippen LogP contribution is 2.59. The van der Waals surface area contributed by atoms with Crippen LogP contribution in [0.4, 0.5) is 10.1 Å². The molecule has 2 N–H and O–H groups in total. The molecule has 0 unspecified atom stereocenters. The Labute approximate surface area is 195 Å². The lowest BCUT2D eigenvalue weighted by atomic mass is 9.88. The maximum atomic E-state index is 15.1. The van der Waals surface area contributed by atoms with Crippen molar-refractivity contribution in [1.29, 1.82) is 0 Å². The second kappa shape index (κ2) is 7.36. The van der Waals surface area contributed by atoms with Crippen molar-refractivity contribution in [2.45, 2.75) is 39.2 Å². The van der Waals surface area contributed by atoms with Crippen LogP contribution in [0.15, 0.2) is 12.1 Å². The molecular formula is C24H27FN6O3. The van der Waals surface area contributed by atoms with Gasteiger partial charge in [0.15, 0.2) is 11.6 Å². The van der Waals surface area contributed by atoms with E-state index in [9.17, 15) is 9.59 Å². The highest BCUT2D eigenvalue weighted by Gasteiger charge is 2.53. The van der Waals surface area contributed by atoms with E-state index < -0.39 is 11.9 Å². The molecule has 0 bridgehead atoms. The van der Waals surface area contributed by atoms with Crippen molar-refractivity contribution in [2.75, 3.05) is 31.7 Å². The number of hydrogen-bond acceptors (Lipinski definition) is 5. The van der Waals surface area contributed by atoms with Gasteiger partial charge in [0.25, 0.3) is 0 Å². The quantitative estimate of drug-likeness (QED) is 0.614. The Hall–Kier alpha value is -3.27. The van der Waals surface area contributed by atoms with Crippen molar-refractivity contribution >= 4 is 28.5 Å². The SMILES string of the molecule is C[C@H](C(=O)N(C)c1cc(F)c2[nH]c(-c3n[nH]c4c3C[C@@H]3C[C@]3(C)C4)nc2c1)N1CCOCC1=O. The summed E-state index contributed by atoms with van der Waals surface area (Å²) in [6.07, 6.45) is 3.16. The number of aromatic nitrogens is 4. The summed E-state index contributed by atoms with van der Waals surface area (Å²) < 4.78 is 20.2. The van der Waals surface area contributed by atoms with Crippen molar-refractivity contribution in [3.8, 4) is 11.5 Å². The summed E-state index contributed by atoms with van der Waals surface area (Å²) in [6.45, 7) is 4.70. The summed E-state index contributed by atoms with van der Waals surface area (Å²) in [4.78, 5) is 35.8. The van der Waals surface area contributed by atoms with Gasteiger partial charge in [0.2, 0.25) is 11.8 Å². The topological polar surface area (TPSA) is 107 Å². The lowest BCUT2D eigenvalue weighted by Crippen LogP contribution is -2.53. The van der Waals surface area contributed by atoms with Crippen LogP contribution in [0.2, 0.25) is 0 Å². The van der Waals surface area contributed by atoms with Gasteiger partial charge in [-0.15, -0.1) is 0 Å². The molecule has 2 fully saturated rings. The van der Waals surface area contributed by atoms with Crippen LogP contribution in [-0.4, -0.2) is 69.7 Å². The fourth-order valence-corrected chi connectivity index (χ4v) is 5.50. The zero-order valence-electron chi connectivity index (χ0n) is 19.4. The van der Waals surface area contributed by atoms with E-state index in [2.05, 4.69) is 27.1 Å². The fourth-order valence-electron chi connectivity index (χ4n) is 5.50. The Morgan fingerprint density at radius 2 is 2.24 bits per heavy atom. The molecule has 1 saturated heterocycles. The van der Waals surface area contributed by atoms with Gasteiger partial charge in [0.05, 0.1) is 12.1 Å². The van der Waals surface area contributed by atoms with Crippen molar-refractivity contribution in [1.82, 2.24) is 25.1 Å². The number of carbonyl (C=O) groups excluding carboxylic acids is 2. The van der Waals surface area contributed by atoms with E-state index in [1.165, 1.54) is 22.3 Å². The Kier molecular flexibility index (Phi) is 4.61. The normalized spacial score (nSPS) is 24.6. The predicted molar refractivity (Wildman–Crippen MR) is 123 cm³/mol. The van der Waals surface area contributed by atoms with Gasteiger partial charge in [-0.25, -0.2) is 9.37 Å². The molecule has 3 heterocycles. The van der Waals surface area contributed by atoms with Crippen molar-refractivity contribution in [3.05, 3.63) is 29.2 Å². The van der Waals surface area contributed by atoms with Crippen LogP contribution in [-0.2, 0) is 27.2 Å². The monoisotopic (exact) mass is 466 g/mol. The van der Waals surface area contributed by atoms with Gasteiger partial charge < -0.3 is 19.5 Å². The molecule has 178 valence electrons. The predicted octanol–water partition coefficient (Wildman–Crippen LogP) is 2.43. The van der Waals surface area contributed by atoms with Crippen LogP contribution in [0.3, 0.4) is 0 Å². The summed E-state index contributed by atoms with van der Waals surface area (Å²) in [7, 11) is 1.58. The molecule has 1 aromatic carbocycles. The van der Waals surface area contributed by atoms with E-state index >= 15 is 4.39 Å². The average Bonchev–Trinajstić information content (AvgIpc) is 3.11. The molecular weight excluding hydrogens is 439 g/mol. The third-order valence-electron chi connectivity index (χ3n) is 7.84. The molecule has 3 atom stereocenters. The number of nitrogens with one attached hydrogen (secondary N) is 2. The molecule has 0 spiro atoms. The van der Waals surface area contributed by atoms with Gasteiger partial charge in [-0.2, -0.15) is 5.10 Å². The third-order valence-corrected chi connectivity index (χ3v) is 7.84. The lowest BCUT2D eigenvalue weighted by molar-refractivity contribution is -0.149. The van der Waals surface area contributed by atoms with E-state index in [0.717, 1.165) is 29.8 Å². The summed E-state index contributed by atoms with van der Waals surface area (Å²) in [5, 5.41) is 7.65. The first kappa shape index (κ1) is 21.3. The van der Waals surface area contributed by atoms with Gasteiger partial charge in [-0.05, 0) is 49.7 Å². The second-order valence-electron chi connectivity index (χ2n) is 10.1. The lowest BCUT2D eigenvalue weighted by Gasteiger charge is -2.33. The molecule has 2 amide bonds. The molecule has 2 aromatic heterocycles. The molecule has 34 heavy (non-hydrogen) atoms. The number of halogens is 1. The van der Waals surface area contributed by atoms with Crippen LogP contribution < -0.4 is 4.90 Å².